The van der Waals surface area contributed by atoms with Crippen LogP contribution in [0, 0.1) is 5.82 Å². The molecule has 2 N–H and O–H groups in total. The van der Waals surface area contributed by atoms with Crippen molar-refractivity contribution in [3.63, 3.8) is 0 Å². The van der Waals surface area contributed by atoms with E-state index in [0.717, 1.165) is 6.07 Å². The molecule has 0 heterocycles. The van der Waals surface area contributed by atoms with Crippen LogP contribution in [0.15, 0.2) is 18.2 Å². The lowest BCUT2D eigenvalue weighted by Gasteiger charge is -2.17. The smallest absolute Gasteiger partial charge is 0.251 e. The Kier molecular flexibility index (Phi) is 4.07. The summed E-state index contributed by atoms with van der Waals surface area (Å²) < 4.78 is 18.1. The van der Waals surface area contributed by atoms with Crippen LogP contribution < -0.4 is 10.1 Å². The number of aliphatic hydroxyl groups is 1. The summed E-state index contributed by atoms with van der Waals surface area (Å²) in [5.41, 5.74) is -0.812. The zero-order valence-electron chi connectivity index (χ0n) is 10.1. The van der Waals surface area contributed by atoms with E-state index in [1.54, 1.807) is 13.8 Å². The van der Waals surface area contributed by atoms with Gasteiger partial charge in [-0.1, -0.05) is 0 Å². The summed E-state index contributed by atoms with van der Waals surface area (Å²) in [4.78, 5) is 11.6. The fourth-order valence-electron chi connectivity index (χ4n) is 1.21. The maximum Gasteiger partial charge on any atom is 0.251 e. The Hall–Kier alpha value is -1.62. The number of methoxy groups -OCH3 is 1. The zero-order valence-corrected chi connectivity index (χ0v) is 10.1. The van der Waals surface area contributed by atoms with Crippen LogP contribution in [-0.4, -0.2) is 30.3 Å². The van der Waals surface area contributed by atoms with Gasteiger partial charge >= 0.3 is 0 Å². The van der Waals surface area contributed by atoms with Crippen molar-refractivity contribution in [2.75, 3.05) is 13.7 Å². The van der Waals surface area contributed by atoms with Gasteiger partial charge in [-0.3, -0.25) is 4.79 Å². The number of carbonyl (C=O) groups is 1. The minimum atomic E-state index is -0.999. The topological polar surface area (TPSA) is 58.6 Å². The molecule has 0 unspecified atom stereocenters. The van der Waals surface area contributed by atoms with Crippen molar-refractivity contribution in [2.24, 2.45) is 0 Å². The van der Waals surface area contributed by atoms with Crippen molar-refractivity contribution in [1.29, 1.82) is 0 Å². The Morgan fingerprint density at radius 1 is 1.53 bits per heavy atom. The van der Waals surface area contributed by atoms with Gasteiger partial charge in [0.05, 0.1) is 12.7 Å². The highest BCUT2D eigenvalue weighted by Crippen LogP contribution is 2.17. The molecule has 0 aromatic heterocycles. The van der Waals surface area contributed by atoms with E-state index >= 15 is 0 Å². The van der Waals surface area contributed by atoms with Gasteiger partial charge in [-0.2, -0.15) is 0 Å². The molecule has 94 valence electrons. The fourth-order valence-corrected chi connectivity index (χ4v) is 1.21. The average molecular weight is 241 g/mol. The number of hydrogen-bond acceptors (Lipinski definition) is 3. The van der Waals surface area contributed by atoms with Gasteiger partial charge in [-0.15, -0.1) is 0 Å². The summed E-state index contributed by atoms with van der Waals surface area (Å²) in [5.74, 6) is -0.943. The molecule has 0 spiro atoms. The van der Waals surface area contributed by atoms with Gasteiger partial charge in [0.25, 0.3) is 5.91 Å². The van der Waals surface area contributed by atoms with Crippen molar-refractivity contribution in [3.05, 3.63) is 29.6 Å². The first-order chi connectivity index (χ1) is 7.83. The molecule has 0 radical (unpaired) electrons. The van der Waals surface area contributed by atoms with Gasteiger partial charge in [0.2, 0.25) is 0 Å². The molecule has 0 aliphatic heterocycles. The standard InChI is InChI=1S/C12H16FNO3/c1-12(2,16)7-14-11(15)8-4-5-10(17-3)9(13)6-8/h4-6,16H,7H2,1-3H3,(H,14,15). The fraction of sp³-hybridized carbons (Fsp3) is 0.417. The number of benzene rings is 1. The maximum atomic E-state index is 13.3. The Morgan fingerprint density at radius 3 is 2.65 bits per heavy atom. The lowest BCUT2D eigenvalue weighted by molar-refractivity contribution is 0.0694. The van der Waals surface area contributed by atoms with E-state index in [4.69, 9.17) is 4.74 Å². The number of carbonyl (C=O) groups excluding carboxylic acids is 1. The molecule has 5 heteroatoms. The average Bonchev–Trinajstić information content (AvgIpc) is 2.24. The van der Waals surface area contributed by atoms with Gasteiger partial charge in [0, 0.05) is 12.1 Å². The highest BCUT2D eigenvalue weighted by molar-refractivity contribution is 5.94. The van der Waals surface area contributed by atoms with E-state index in [1.807, 2.05) is 0 Å². The second-order valence-corrected chi connectivity index (χ2v) is 4.34. The molecule has 4 nitrogen and oxygen atoms in total. The lowest BCUT2D eigenvalue weighted by atomic mass is 10.1. The van der Waals surface area contributed by atoms with Crippen molar-refractivity contribution in [1.82, 2.24) is 5.32 Å². The number of rotatable bonds is 4. The first-order valence-corrected chi connectivity index (χ1v) is 5.17. The van der Waals surface area contributed by atoms with Gasteiger partial charge in [-0.25, -0.2) is 4.39 Å². The molecule has 0 bridgehead atoms. The highest BCUT2D eigenvalue weighted by Gasteiger charge is 2.15. The molecular weight excluding hydrogens is 225 g/mol. The van der Waals surface area contributed by atoms with E-state index < -0.39 is 17.3 Å². The van der Waals surface area contributed by atoms with E-state index in [-0.39, 0.29) is 17.9 Å². The van der Waals surface area contributed by atoms with Crippen molar-refractivity contribution < 1.29 is 19.0 Å². The first-order valence-electron chi connectivity index (χ1n) is 5.17. The second-order valence-electron chi connectivity index (χ2n) is 4.34. The van der Waals surface area contributed by atoms with Crippen LogP contribution in [0.4, 0.5) is 4.39 Å². The third-order valence-electron chi connectivity index (χ3n) is 2.10. The monoisotopic (exact) mass is 241 g/mol. The van der Waals surface area contributed by atoms with Crippen LogP contribution in [0.3, 0.4) is 0 Å². The molecule has 1 amide bonds. The molecule has 0 saturated heterocycles. The summed E-state index contributed by atoms with van der Waals surface area (Å²) in [5, 5.41) is 11.9. The summed E-state index contributed by atoms with van der Waals surface area (Å²) in [6, 6.07) is 3.94. The number of ether oxygens (including phenoxy) is 1. The van der Waals surface area contributed by atoms with Crippen LogP contribution in [0.1, 0.15) is 24.2 Å². The Morgan fingerprint density at radius 2 is 2.18 bits per heavy atom. The molecule has 0 fully saturated rings. The predicted octanol–water partition coefficient (Wildman–Crippen LogP) is 1.33. The zero-order chi connectivity index (χ0) is 13.1. The Balaban J connectivity index is 2.73. The summed E-state index contributed by atoms with van der Waals surface area (Å²) in [7, 11) is 1.35. The number of nitrogens with one attached hydrogen (secondary N) is 1. The van der Waals surface area contributed by atoms with Crippen LogP contribution in [0.25, 0.3) is 0 Å². The van der Waals surface area contributed by atoms with Gasteiger partial charge in [-0.05, 0) is 32.0 Å². The number of halogens is 1. The quantitative estimate of drug-likeness (QED) is 0.836. The van der Waals surface area contributed by atoms with Crippen molar-refractivity contribution in [3.8, 4) is 5.75 Å². The minimum Gasteiger partial charge on any atom is -0.494 e. The van der Waals surface area contributed by atoms with E-state index in [2.05, 4.69) is 5.32 Å². The van der Waals surface area contributed by atoms with Crippen LogP contribution >= 0.6 is 0 Å². The second kappa shape index (κ2) is 5.14. The normalized spacial score (nSPS) is 11.1. The number of hydrogen-bond donors (Lipinski definition) is 2. The molecule has 1 rings (SSSR count). The maximum absolute atomic E-state index is 13.3. The lowest BCUT2D eigenvalue weighted by Crippen LogP contribution is -2.38. The summed E-state index contributed by atoms with van der Waals surface area (Å²) in [6.45, 7) is 3.24. The molecule has 17 heavy (non-hydrogen) atoms. The highest BCUT2D eigenvalue weighted by atomic mass is 19.1. The first kappa shape index (κ1) is 13.4. The van der Waals surface area contributed by atoms with E-state index in [0.29, 0.717) is 0 Å². The summed E-state index contributed by atoms with van der Waals surface area (Å²) in [6.07, 6.45) is 0. The third-order valence-corrected chi connectivity index (χ3v) is 2.10. The van der Waals surface area contributed by atoms with Crippen molar-refractivity contribution >= 4 is 5.91 Å². The molecule has 1 aromatic rings. The molecule has 0 saturated carbocycles. The van der Waals surface area contributed by atoms with Gasteiger partial charge in [0.1, 0.15) is 0 Å². The number of amides is 1. The SMILES string of the molecule is COc1ccc(C(=O)NCC(C)(C)O)cc1F. The Labute approximate surface area is 99.4 Å². The third kappa shape index (κ3) is 4.03. The van der Waals surface area contributed by atoms with Crippen LogP contribution in [0.5, 0.6) is 5.75 Å². The van der Waals surface area contributed by atoms with E-state index in [9.17, 15) is 14.3 Å². The van der Waals surface area contributed by atoms with E-state index in [1.165, 1.54) is 19.2 Å². The van der Waals surface area contributed by atoms with Crippen LogP contribution in [-0.2, 0) is 0 Å². The predicted molar refractivity (Wildman–Crippen MR) is 61.6 cm³/mol. The van der Waals surface area contributed by atoms with Crippen LogP contribution in [0.2, 0.25) is 0 Å². The molecule has 0 aliphatic rings. The van der Waals surface area contributed by atoms with Gasteiger partial charge in [0.15, 0.2) is 11.6 Å². The largest absolute Gasteiger partial charge is 0.494 e. The molecular formula is C12H16FNO3. The molecule has 0 aliphatic carbocycles. The molecule has 0 atom stereocenters. The Bertz CT molecular complexity index is 413. The molecule has 1 aromatic carbocycles. The summed E-state index contributed by atoms with van der Waals surface area (Å²) >= 11 is 0. The van der Waals surface area contributed by atoms with Gasteiger partial charge < -0.3 is 15.2 Å². The van der Waals surface area contributed by atoms with Crippen molar-refractivity contribution in [2.45, 2.75) is 19.4 Å². The minimum absolute atomic E-state index is 0.0871.